The predicted molar refractivity (Wildman–Crippen MR) is 117 cm³/mol. The first-order valence-electron chi connectivity index (χ1n) is 10.3. The maximum atomic E-state index is 12.6. The first-order chi connectivity index (χ1) is 13.2. The van der Waals surface area contributed by atoms with Gasteiger partial charge >= 0.3 is 0 Å². The van der Waals surface area contributed by atoms with Crippen molar-refractivity contribution >= 4 is 23.2 Å². The molecule has 1 rings (SSSR count). The minimum atomic E-state index is -0.583. The standard InChI is InChI=1S/C21H38N4O2S/c1-14(2)12-18(23)20(26)25-19(13-15(3)4)21(27)24-11-9-17-8-7-16(28-17)6-5-10-22/h7-8,14-15,18-19H,5-6,9-13,22-23H2,1-4H3,(H,24,27)(H,25,26)/t18-,19+/m0/s1. The molecule has 1 aromatic heterocycles. The van der Waals surface area contributed by atoms with Gasteiger partial charge in [-0.1, -0.05) is 27.7 Å². The first kappa shape index (κ1) is 24.6. The smallest absolute Gasteiger partial charge is 0.242 e. The summed E-state index contributed by atoms with van der Waals surface area (Å²) in [7, 11) is 0. The van der Waals surface area contributed by atoms with E-state index >= 15 is 0 Å². The molecule has 160 valence electrons. The van der Waals surface area contributed by atoms with Crippen LogP contribution in [-0.2, 0) is 22.4 Å². The Bertz CT molecular complexity index is 601. The van der Waals surface area contributed by atoms with Gasteiger partial charge in [0.15, 0.2) is 0 Å². The van der Waals surface area contributed by atoms with E-state index in [1.165, 1.54) is 9.75 Å². The fourth-order valence-electron chi connectivity index (χ4n) is 3.00. The highest BCUT2D eigenvalue weighted by Crippen LogP contribution is 2.18. The molecule has 0 aliphatic carbocycles. The van der Waals surface area contributed by atoms with Crippen LogP contribution >= 0.6 is 11.3 Å². The lowest BCUT2D eigenvalue weighted by atomic mass is 10.0. The van der Waals surface area contributed by atoms with Crippen molar-refractivity contribution in [3.63, 3.8) is 0 Å². The summed E-state index contributed by atoms with van der Waals surface area (Å²) in [4.78, 5) is 27.5. The molecular formula is C21H38N4O2S. The molecule has 1 aromatic rings. The Morgan fingerprint density at radius 1 is 1.00 bits per heavy atom. The highest BCUT2D eigenvalue weighted by atomic mass is 32.1. The minimum Gasteiger partial charge on any atom is -0.354 e. The number of thiophene rings is 1. The molecule has 7 heteroatoms. The second kappa shape index (κ2) is 12.9. The normalized spacial score (nSPS) is 13.6. The number of hydrogen-bond acceptors (Lipinski definition) is 5. The largest absolute Gasteiger partial charge is 0.354 e. The molecule has 0 radical (unpaired) electrons. The molecule has 0 aliphatic rings. The van der Waals surface area contributed by atoms with Gasteiger partial charge in [-0.3, -0.25) is 9.59 Å². The third-order valence-electron chi connectivity index (χ3n) is 4.42. The SMILES string of the molecule is CC(C)C[C@H](N)C(=O)N[C@H](CC(C)C)C(=O)NCCc1ccc(CCCN)s1. The van der Waals surface area contributed by atoms with E-state index in [1.807, 2.05) is 27.7 Å². The third-order valence-corrected chi connectivity index (χ3v) is 5.62. The van der Waals surface area contributed by atoms with Crippen LogP contribution in [0, 0.1) is 11.8 Å². The van der Waals surface area contributed by atoms with E-state index < -0.39 is 12.1 Å². The summed E-state index contributed by atoms with van der Waals surface area (Å²) >= 11 is 1.77. The lowest BCUT2D eigenvalue weighted by Gasteiger charge is -2.22. The predicted octanol–water partition coefficient (Wildman–Crippen LogP) is 2.20. The van der Waals surface area contributed by atoms with Crippen LogP contribution in [0.4, 0.5) is 0 Å². The van der Waals surface area contributed by atoms with Gasteiger partial charge in [-0.05, 0) is 62.6 Å². The van der Waals surface area contributed by atoms with Gasteiger partial charge < -0.3 is 22.1 Å². The number of aryl methyl sites for hydroxylation is 1. The Morgan fingerprint density at radius 2 is 1.61 bits per heavy atom. The van der Waals surface area contributed by atoms with Crippen molar-refractivity contribution in [1.82, 2.24) is 10.6 Å². The van der Waals surface area contributed by atoms with Crippen LogP contribution in [0.2, 0.25) is 0 Å². The van der Waals surface area contributed by atoms with Gasteiger partial charge in [-0.2, -0.15) is 0 Å². The van der Waals surface area contributed by atoms with Crippen molar-refractivity contribution in [2.24, 2.45) is 23.3 Å². The van der Waals surface area contributed by atoms with E-state index in [-0.39, 0.29) is 11.8 Å². The average Bonchev–Trinajstić information content (AvgIpc) is 3.05. The van der Waals surface area contributed by atoms with Crippen LogP contribution < -0.4 is 22.1 Å². The topological polar surface area (TPSA) is 110 Å². The van der Waals surface area contributed by atoms with E-state index in [0.717, 1.165) is 19.3 Å². The molecule has 2 amide bonds. The van der Waals surface area contributed by atoms with Crippen LogP contribution in [-0.4, -0.2) is 37.0 Å². The summed E-state index contributed by atoms with van der Waals surface area (Å²) < 4.78 is 0. The molecule has 1 heterocycles. The number of carbonyl (C=O) groups is 2. The molecule has 0 unspecified atom stereocenters. The minimum absolute atomic E-state index is 0.140. The molecule has 2 atom stereocenters. The lowest BCUT2D eigenvalue weighted by Crippen LogP contribution is -2.52. The Balaban J connectivity index is 2.52. The second-order valence-corrected chi connectivity index (χ2v) is 9.48. The number of carbonyl (C=O) groups excluding carboxylic acids is 2. The lowest BCUT2D eigenvalue weighted by molar-refractivity contribution is -0.130. The zero-order valence-electron chi connectivity index (χ0n) is 17.8. The Hall–Kier alpha value is -1.44. The molecular weight excluding hydrogens is 372 g/mol. The quantitative estimate of drug-likeness (QED) is 0.399. The highest BCUT2D eigenvalue weighted by Gasteiger charge is 2.24. The van der Waals surface area contributed by atoms with Crippen LogP contribution in [0.5, 0.6) is 0 Å². The van der Waals surface area contributed by atoms with Crippen molar-refractivity contribution in [2.45, 2.75) is 71.9 Å². The van der Waals surface area contributed by atoms with Gasteiger partial charge in [0.2, 0.25) is 11.8 Å². The van der Waals surface area contributed by atoms with Crippen molar-refractivity contribution in [3.8, 4) is 0 Å². The van der Waals surface area contributed by atoms with Gasteiger partial charge in [0.1, 0.15) is 6.04 Å². The van der Waals surface area contributed by atoms with Crippen LogP contribution in [0.1, 0.15) is 56.7 Å². The van der Waals surface area contributed by atoms with Crippen molar-refractivity contribution in [2.75, 3.05) is 13.1 Å². The summed E-state index contributed by atoms with van der Waals surface area (Å²) in [5.41, 5.74) is 11.5. The Kier molecular flexibility index (Phi) is 11.3. The maximum Gasteiger partial charge on any atom is 0.242 e. The van der Waals surface area contributed by atoms with Gasteiger partial charge in [-0.15, -0.1) is 11.3 Å². The maximum absolute atomic E-state index is 12.6. The van der Waals surface area contributed by atoms with E-state index in [9.17, 15) is 9.59 Å². The van der Waals surface area contributed by atoms with Crippen LogP contribution in [0.3, 0.4) is 0 Å². The number of rotatable bonds is 13. The van der Waals surface area contributed by atoms with E-state index in [2.05, 4.69) is 22.8 Å². The molecule has 0 bridgehead atoms. The van der Waals surface area contributed by atoms with Crippen molar-refractivity contribution in [3.05, 3.63) is 21.9 Å². The molecule has 0 saturated carbocycles. The van der Waals surface area contributed by atoms with Crippen LogP contribution in [0.25, 0.3) is 0 Å². The molecule has 0 saturated heterocycles. The fourth-order valence-corrected chi connectivity index (χ4v) is 4.06. The van der Waals surface area contributed by atoms with E-state index in [4.69, 9.17) is 11.5 Å². The summed E-state index contributed by atoms with van der Waals surface area (Å²) in [6.45, 7) is 9.38. The molecule has 6 N–H and O–H groups in total. The number of amides is 2. The van der Waals surface area contributed by atoms with Gasteiger partial charge in [-0.25, -0.2) is 0 Å². The zero-order chi connectivity index (χ0) is 21.1. The number of nitrogens with two attached hydrogens (primary N) is 2. The summed E-state index contributed by atoms with van der Waals surface area (Å²) in [6, 6.07) is 3.12. The molecule has 6 nitrogen and oxygen atoms in total. The summed E-state index contributed by atoms with van der Waals surface area (Å²) in [5, 5.41) is 5.81. The molecule has 0 aliphatic heterocycles. The van der Waals surface area contributed by atoms with Gasteiger partial charge in [0.05, 0.1) is 6.04 Å². The Morgan fingerprint density at radius 3 is 2.18 bits per heavy atom. The molecule has 0 aromatic carbocycles. The molecule has 0 spiro atoms. The van der Waals surface area contributed by atoms with Crippen molar-refractivity contribution in [1.29, 1.82) is 0 Å². The van der Waals surface area contributed by atoms with Crippen LogP contribution in [0.15, 0.2) is 12.1 Å². The van der Waals surface area contributed by atoms with Crippen molar-refractivity contribution < 1.29 is 9.59 Å². The molecule has 0 fully saturated rings. The molecule has 28 heavy (non-hydrogen) atoms. The average molecular weight is 411 g/mol. The highest BCUT2D eigenvalue weighted by molar-refractivity contribution is 7.11. The summed E-state index contributed by atoms with van der Waals surface area (Å²) in [6.07, 6.45) is 3.98. The number of hydrogen-bond donors (Lipinski definition) is 4. The van der Waals surface area contributed by atoms with Gasteiger partial charge in [0.25, 0.3) is 0 Å². The monoisotopic (exact) mass is 410 g/mol. The fraction of sp³-hybridized carbons (Fsp3) is 0.714. The van der Waals surface area contributed by atoms with Gasteiger partial charge in [0, 0.05) is 16.3 Å². The Labute approximate surface area is 173 Å². The third kappa shape index (κ3) is 9.66. The zero-order valence-corrected chi connectivity index (χ0v) is 18.6. The summed E-state index contributed by atoms with van der Waals surface area (Å²) in [5.74, 6) is 0.231. The van der Waals surface area contributed by atoms with E-state index in [1.54, 1.807) is 11.3 Å². The number of nitrogens with one attached hydrogen (secondary N) is 2. The van der Waals surface area contributed by atoms with E-state index in [0.29, 0.717) is 37.8 Å². The first-order valence-corrected chi connectivity index (χ1v) is 11.2. The second-order valence-electron chi connectivity index (χ2n) is 8.23.